The summed E-state index contributed by atoms with van der Waals surface area (Å²) in [5, 5.41) is 3.34. The van der Waals surface area contributed by atoms with Crippen LogP contribution in [0, 0.1) is 0 Å². The molecule has 1 saturated heterocycles. The summed E-state index contributed by atoms with van der Waals surface area (Å²) in [6.45, 7) is 13.4. The van der Waals surface area contributed by atoms with Crippen LogP contribution >= 0.6 is 0 Å². The van der Waals surface area contributed by atoms with Gasteiger partial charge in [0.1, 0.15) is 0 Å². The lowest BCUT2D eigenvalue weighted by atomic mass is 10.0. The highest BCUT2D eigenvalue weighted by molar-refractivity contribution is 4.67. The van der Waals surface area contributed by atoms with Crippen molar-refractivity contribution in [2.45, 2.75) is 129 Å². The first-order valence-corrected chi connectivity index (χ1v) is 19.3. The molecule has 0 amide bonds. The minimum atomic E-state index is 0.383. The van der Waals surface area contributed by atoms with E-state index in [4.69, 9.17) is 37.9 Å². The lowest BCUT2D eigenvalue weighted by Gasteiger charge is -2.22. The minimum Gasteiger partial charge on any atom is -0.379 e. The second-order valence-electron chi connectivity index (χ2n) is 12.4. The third-order valence-electron chi connectivity index (χ3n) is 8.24. The summed E-state index contributed by atoms with van der Waals surface area (Å²) in [5.74, 6) is 0. The number of ether oxygens (including phenoxy) is 8. The fourth-order valence-corrected chi connectivity index (χ4v) is 5.41. The predicted molar refractivity (Wildman–Crippen MR) is 187 cm³/mol. The van der Waals surface area contributed by atoms with Gasteiger partial charge in [0.15, 0.2) is 0 Å². The van der Waals surface area contributed by atoms with Gasteiger partial charge < -0.3 is 43.2 Å². The zero-order chi connectivity index (χ0) is 32.7. The van der Waals surface area contributed by atoms with E-state index in [1.807, 2.05) is 0 Å². The summed E-state index contributed by atoms with van der Waals surface area (Å²) < 4.78 is 44.7. The van der Waals surface area contributed by atoms with Gasteiger partial charge in [0, 0.05) is 6.61 Å². The molecule has 0 radical (unpaired) electrons. The van der Waals surface area contributed by atoms with Gasteiger partial charge in [-0.2, -0.15) is 0 Å². The standard InChI is InChI=1S/C37H75NO8/c1-2-3-4-5-6-7-8-9-10-11-12-13-14-15-16-17-22-39-23-24-40-25-26-41-27-28-42-29-30-43-31-32-44-33-34-45-35-36-46-37-18-20-38-21-19-37/h37-38H,2-36H2,1H3. The lowest BCUT2D eigenvalue weighted by Crippen LogP contribution is -2.33. The fraction of sp³-hybridized carbons (Fsp3) is 1.00. The molecule has 0 bridgehead atoms. The van der Waals surface area contributed by atoms with Gasteiger partial charge in [0.2, 0.25) is 0 Å². The molecule has 1 aliphatic heterocycles. The van der Waals surface area contributed by atoms with Crippen LogP contribution in [-0.2, 0) is 37.9 Å². The molecule has 0 aromatic carbocycles. The van der Waals surface area contributed by atoms with Crippen LogP contribution in [0.5, 0.6) is 0 Å². The summed E-state index contributed by atoms with van der Waals surface area (Å²) >= 11 is 0. The number of rotatable bonds is 39. The van der Waals surface area contributed by atoms with Crippen molar-refractivity contribution in [3.8, 4) is 0 Å². The smallest absolute Gasteiger partial charge is 0.0704 e. The van der Waals surface area contributed by atoms with Gasteiger partial charge in [-0.05, 0) is 32.4 Å². The highest BCUT2D eigenvalue weighted by Gasteiger charge is 2.12. The summed E-state index contributed by atoms with van der Waals surface area (Å²) in [5.41, 5.74) is 0. The van der Waals surface area contributed by atoms with E-state index < -0.39 is 0 Å². The highest BCUT2D eigenvalue weighted by Crippen LogP contribution is 2.13. The summed E-state index contributed by atoms with van der Waals surface area (Å²) in [4.78, 5) is 0. The zero-order valence-corrected chi connectivity index (χ0v) is 30.1. The Kier molecular flexibility index (Phi) is 37.1. The normalized spacial score (nSPS) is 14.0. The van der Waals surface area contributed by atoms with E-state index in [1.165, 1.54) is 96.3 Å². The Morgan fingerprint density at radius 1 is 0.348 bits per heavy atom. The molecule has 276 valence electrons. The molecule has 1 aliphatic rings. The second-order valence-corrected chi connectivity index (χ2v) is 12.4. The van der Waals surface area contributed by atoms with Crippen molar-refractivity contribution in [2.24, 2.45) is 0 Å². The Labute approximate surface area is 283 Å². The van der Waals surface area contributed by atoms with Crippen molar-refractivity contribution < 1.29 is 37.9 Å². The van der Waals surface area contributed by atoms with Crippen molar-refractivity contribution in [1.82, 2.24) is 5.32 Å². The highest BCUT2D eigenvalue weighted by atomic mass is 16.6. The molecule has 0 aromatic heterocycles. The first-order chi connectivity index (χ1) is 22.9. The van der Waals surface area contributed by atoms with Crippen LogP contribution in [0.1, 0.15) is 122 Å². The molecule has 0 aliphatic carbocycles. The van der Waals surface area contributed by atoms with Crippen LogP contribution in [0.25, 0.3) is 0 Å². The topological polar surface area (TPSA) is 85.9 Å². The van der Waals surface area contributed by atoms with E-state index in [1.54, 1.807) is 0 Å². The Morgan fingerprint density at radius 2 is 0.630 bits per heavy atom. The first-order valence-electron chi connectivity index (χ1n) is 19.3. The van der Waals surface area contributed by atoms with E-state index in [0.717, 1.165) is 39.0 Å². The van der Waals surface area contributed by atoms with Crippen molar-refractivity contribution in [3.05, 3.63) is 0 Å². The number of piperidine rings is 1. The van der Waals surface area contributed by atoms with Crippen molar-refractivity contribution >= 4 is 0 Å². The second kappa shape index (κ2) is 39.1. The molecular formula is C37H75NO8. The van der Waals surface area contributed by atoms with E-state index in [-0.39, 0.29) is 0 Å². The van der Waals surface area contributed by atoms with Gasteiger partial charge in [0.25, 0.3) is 0 Å². The molecule has 0 atom stereocenters. The molecule has 0 unspecified atom stereocenters. The Hall–Kier alpha value is -0.360. The number of hydrogen-bond donors (Lipinski definition) is 1. The van der Waals surface area contributed by atoms with Gasteiger partial charge >= 0.3 is 0 Å². The van der Waals surface area contributed by atoms with Crippen molar-refractivity contribution in [2.75, 3.05) is 112 Å². The van der Waals surface area contributed by atoms with E-state index in [0.29, 0.717) is 98.6 Å². The maximum absolute atomic E-state index is 5.80. The molecule has 1 N–H and O–H groups in total. The van der Waals surface area contributed by atoms with Gasteiger partial charge in [-0.15, -0.1) is 0 Å². The third kappa shape index (κ3) is 35.0. The average molecular weight is 662 g/mol. The maximum atomic E-state index is 5.80. The SMILES string of the molecule is CCCCCCCCCCCCCCCCCCOCCOCCOCCOCCOCCOCCOCCOC1CCNCC1. The van der Waals surface area contributed by atoms with E-state index in [9.17, 15) is 0 Å². The molecule has 1 heterocycles. The number of unbranched alkanes of at least 4 members (excludes halogenated alkanes) is 15. The lowest BCUT2D eigenvalue weighted by molar-refractivity contribution is -0.0313. The van der Waals surface area contributed by atoms with Crippen molar-refractivity contribution in [1.29, 1.82) is 0 Å². The molecule has 9 heteroatoms. The quantitative estimate of drug-likeness (QED) is 0.0692. The Morgan fingerprint density at radius 3 is 0.978 bits per heavy atom. The minimum absolute atomic E-state index is 0.383. The number of nitrogens with one attached hydrogen (secondary N) is 1. The van der Waals surface area contributed by atoms with E-state index >= 15 is 0 Å². The summed E-state index contributed by atoms with van der Waals surface area (Å²) in [6, 6.07) is 0. The van der Waals surface area contributed by atoms with Crippen LogP contribution in [-0.4, -0.2) is 118 Å². The van der Waals surface area contributed by atoms with Gasteiger partial charge in [-0.3, -0.25) is 0 Å². The van der Waals surface area contributed by atoms with Gasteiger partial charge in [-0.1, -0.05) is 103 Å². The average Bonchev–Trinajstić information content (AvgIpc) is 3.08. The summed E-state index contributed by atoms with van der Waals surface area (Å²) in [7, 11) is 0. The Bertz CT molecular complexity index is 553. The number of hydrogen-bond acceptors (Lipinski definition) is 9. The van der Waals surface area contributed by atoms with Crippen LogP contribution in [0.15, 0.2) is 0 Å². The van der Waals surface area contributed by atoms with Gasteiger partial charge in [-0.25, -0.2) is 0 Å². The van der Waals surface area contributed by atoms with Crippen LogP contribution in [0.3, 0.4) is 0 Å². The fourth-order valence-electron chi connectivity index (χ4n) is 5.41. The third-order valence-corrected chi connectivity index (χ3v) is 8.24. The molecule has 1 fully saturated rings. The largest absolute Gasteiger partial charge is 0.379 e. The van der Waals surface area contributed by atoms with Crippen LogP contribution in [0.2, 0.25) is 0 Å². The molecule has 46 heavy (non-hydrogen) atoms. The molecule has 1 rings (SSSR count). The predicted octanol–water partition coefficient (Wildman–Crippen LogP) is 7.13. The molecular weight excluding hydrogens is 586 g/mol. The first kappa shape index (κ1) is 43.7. The zero-order valence-electron chi connectivity index (χ0n) is 30.1. The van der Waals surface area contributed by atoms with Gasteiger partial charge in [0.05, 0.1) is 98.6 Å². The van der Waals surface area contributed by atoms with E-state index in [2.05, 4.69) is 12.2 Å². The van der Waals surface area contributed by atoms with Crippen molar-refractivity contribution in [3.63, 3.8) is 0 Å². The van der Waals surface area contributed by atoms with Crippen LogP contribution in [0.4, 0.5) is 0 Å². The Balaban J connectivity index is 1.59. The molecule has 0 spiro atoms. The molecule has 9 nitrogen and oxygen atoms in total. The maximum Gasteiger partial charge on any atom is 0.0704 e. The summed E-state index contributed by atoms with van der Waals surface area (Å²) in [6.07, 6.45) is 24.8. The molecule has 0 aromatic rings. The monoisotopic (exact) mass is 662 g/mol. The van der Waals surface area contributed by atoms with Crippen LogP contribution < -0.4 is 5.32 Å². The molecule has 0 saturated carbocycles.